The molecule has 0 saturated heterocycles. The molecule has 6 heteroatoms. The number of ether oxygens (including phenoxy) is 4. The first-order valence-electron chi connectivity index (χ1n) is 6.77. The fourth-order valence-electron chi connectivity index (χ4n) is 1.15. The number of unbranched alkanes of at least 4 members (excludes halogenated alkanes) is 1. The van der Waals surface area contributed by atoms with Crippen molar-refractivity contribution < 1.29 is 18.9 Å². The summed E-state index contributed by atoms with van der Waals surface area (Å²) in [7, 11) is 0. The molecule has 1 unspecified atom stereocenters. The van der Waals surface area contributed by atoms with E-state index in [2.05, 4.69) is 6.92 Å². The van der Waals surface area contributed by atoms with Gasteiger partial charge < -0.3 is 24.7 Å². The maximum Gasteiger partial charge on any atom is 0.116 e. The minimum Gasteiger partial charge on any atom is -0.379 e. The number of nitrogens with two attached hydrogens (primary N) is 1. The van der Waals surface area contributed by atoms with Crippen molar-refractivity contribution in [3.63, 3.8) is 0 Å². The zero-order valence-electron chi connectivity index (χ0n) is 11.8. The SMILES string of the molecule is CCCCOCCOCCOCCOCC(N)C#N. The van der Waals surface area contributed by atoms with Crippen LogP contribution >= 0.6 is 0 Å². The Morgan fingerprint density at radius 2 is 1.37 bits per heavy atom. The van der Waals surface area contributed by atoms with Gasteiger partial charge in [0.1, 0.15) is 6.04 Å². The number of hydrogen-bond acceptors (Lipinski definition) is 6. The van der Waals surface area contributed by atoms with Gasteiger partial charge in [0.25, 0.3) is 0 Å². The molecule has 0 bridgehead atoms. The summed E-state index contributed by atoms with van der Waals surface area (Å²) >= 11 is 0. The van der Waals surface area contributed by atoms with Crippen LogP contribution in [0.2, 0.25) is 0 Å². The maximum atomic E-state index is 8.41. The summed E-state index contributed by atoms with van der Waals surface area (Å²) in [5.41, 5.74) is 5.35. The Bertz CT molecular complexity index is 221. The molecule has 6 nitrogen and oxygen atoms in total. The lowest BCUT2D eigenvalue weighted by atomic mass is 10.4. The van der Waals surface area contributed by atoms with Gasteiger partial charge in [-0.2, -0.15) is 5.26 Å². The maximum absolute atomic E-state index is 8.41. The first-order chi connectivity index (χ1) is 9.31. The van der Waals surface area contributed by atoms with Gasteiger partial charge >= 0.3 is 0 Å². The van der Waals surface area contributed by atoms with E-state index >= 15 is 0 Å². The zero-order chi connectivity index (χ0) is 14.2. The summed E-state index contributed by atoms with van der Waals surface area (Å²) in [5, 5.41) is 8.41. The van der Waals surface area contributed by atoms with Crippen LogP contribution in [0.1, 0.15) is 19.8 Å². The highest BCUT2D eigenvalue weighted by atomic mass is 16.6. The van der Waals surface area contributed by atoms with E-state index in [1.54, 1.807) is 0 Å². The molecule has 0 aliphatic rings. The summed E-state index contributed by atoms with van der Waals surface area (Å²) in [6.07, 6.45) is 2.24. The van der Waals surface area contributed by atoms with E-state index in [-0.39, 0.29) is 6.61 Å². The molecule has 0 aromatic carbocycles. The minimum absolute atomic E-state index is 0.242. The monoisotopic (exact) mass is 274 g/mol. The molecule has 0 aromatic rings. The highest BCUT2D eigenvalue weighted by Gasteiger charge is 1.98. The Balaban J connectivity index is 2.97. The van der Waals surface area contributed by atoms with E-state index in [0.29, 0.717) is 39.6 Å². The van der Waals surface area contributed by atoms with E-state index in [1.807, 2.05) is 6.07 Å². The standard InChI is InChI=1S/C13H26N2O4/c1-2-3-4-16-5-6-17-7-8-18-9-10-19-12-13(15)11-14/h13H,2-10,12,15H2,1H3. The minimum atomic E-state index is -0.559. The van der Waals surface area contributed by atoms with E-state index < -0.39 is 6.04 Å². The van der Waals surface area contributed by atoms with Gasteiger partial charge in [-0.15, -0.1) is 0 Å². The lowest BCUT2D eigenvalue weighted by Crippen LogP contribution is -2.25. The largest absolute Gasteiger partial charge is 0.379 e. The van der Waals surface area contributed by atoms with Crippen molar-refractivity contribution in [1.29, 1.82) is 5.26 Å². The third-order valence-electron chi connectivity index (χ3n) is 2.22. The van der Waals surface area contributed by atoms with Crippen LogP contribution in [-0.2, 0) is 18.9 Å². The molecule has 112 valence electrons. The van der Waals surface area contributed by atoms with Gasteiger partial charge in [0, 0.05) is 6.61 Å². The molecule has 0 heterocycles. The number of hydrogen-bond donors (Lipinski definition) is 1. The highest BCUT2D eigenvalue weighted by molar-refractivity contribution is 4.85. The Hall–Kier alpha value is -0.710. The van der Waals surface area contributed by atoms with Crippen LogP contribution in [0.4, 0.5) is 0 Å². The second kappa shape index (κ2) is 15.3. The second-order valence-electron chi connectivity index (χ2n) is 4.00. The third-order valence-corrected chi connectivity index (χ3v) is 2.22. The van der Waals surface area contributed by atoms with E-state index in [0.717, 1.165) is 19.4 Å². The molecule has 0 saturated carbocycles. The predicted molar refractivity (Wildman–Crippen MR) is 71.8 cm³/mol. The van der Waals surface area contributed by atoms with Crippen molar-refractivity contribution in [2.45, 2.75) is 25.8 Å². The lowest BCUT2D eigenvalue weighted by molar-refractivity contribution is -0.00231. The molecule has 0 amide bonds. The van der Waals surface area contributed by atoms with Crippen molar-refractivity contribution in [3.05, 3.63) is 0 Å². The molecule has 2 N–H and O–H groups in total. The molecule has 0 aliphatic carbocycles. The van der Waals surface area contributed by atoms with Crippen LogP contribution in [0.3, 0.4) is 0 Å². The van der Waals surface area contributed by atoms with Gasteiger partial charge in [0.2, 0.25) is 0 Å². The highest BCUT2D eigenvalue weighted by Crippen LogP contribution is 1.88. The Kier molecular flexibility index (Phi) is 14.8. The third kappa shape index (κ3) is 15.2. The summed E-state index contributed by atoms with van der Waals surface area (Å²) in [6, 6.07) is 1.33. The first kappa shape index (κ1) is 18.3. The number of nitrogens with zero attached hydrogens (tertiary/aromatic N) is 1. The second-order valence-corrected chi connectivity index (χ2v) is 4.00. The summed E-state index contributed by atoms with van der Waals surface area (Å²) < 4.78 is 21.1. The Labute approximate surface area is 115 Å². The molecular formula is C13H26N2O4. The first-order valence-corrected chi connectivity index (χ1v) is 6.77. The van der Waals surface area contributed by atoms with Crippen LogP contribution in [-0.4, -0.2) is 58.9 Å². The average Bonchev–Trinajstić information content (AvgIpc) is 2.43. The van der Waals surface area contributed by atoms with Crippen molar-refractivity contribution in [2.75, 3.05) is 52.9 Å². The number of rotatable bonds is 14. The summed E-state index contributed by atoms with van der Waals surface area (Å²) in [6.45, 7) is 6.41. The van der Waals surface area contributed by atoms with Crippen molar-refractivity contribution in [2.24, 2.45) is 5.73 Å². The van der Waals surface area contributed by atoms with Crippen LogP contribution < -0.4 is 5.73 Å². The molecule has 1 atom stereocenters. The predicted octanol–water partition coefficient (Wildman–Crippen LogP) is 0.704. The van der Waals surface area contributed by atoms with Crippen LogP contribution in [0.25, 0.3) is 0 Å². The topological polar surface area (TPSA) is 86.7 Å². The Morgan fingerprint density at radius 1 is 0.895 bits per heavy atom. The Morgan fingerprint density at radius 3 is 1.84 bits per heavy atom. The van der Waals surface area contributed by atoms with Crippen molar-refractivity contribution >= 4 is 0 Å². The molecular weight excluding hydrogens is 248 g/mol. The van der Waals surface area contributed by atoms with Crippen LogP contribution in [0.5, 0.6) is 0 Å². The lowest BCUT2D eigenvalue weighted by Gasteiger charge is -2.07. The molecule has 0 spiro atoms. The van der Waals surface area contributed by atoms with E-state index in [9.17, 15) is 0 Å². The smallest absolute Gasteiger partial charge is 0.116 e. The molecule has 0 radical (unpaired) electrons. The summed E-state index contributed by atoms with van der Waals surface area (Å²) in [4.78, 5) is 0. The molecule has 0 aliphatic heterocycles. The van der Waals surface area contributed by atoms with Crippen molar-refractivity contribution in [1.82, 2.24) is 0 Å². The van der Waals surface area contributed by atoms with Gasteiger partial charge in [-0.25, -0.2) is 0 Å². The quantitative estimate of drug-likeness (QED) is 0.469. The van der Waals surface area contributed by atoms with Crippen molar-refractivity contribution in [3.8, 4) is 6.07 Å². The van der Waals surface area contributed by atoms with E-state index in [4.69, 9.17) is 29.9 Å². The fourth-order valence-corrected chi connectivity index (χ4v) is 1.15. The molecule has 19 heavy (non-hydrogen) atoms. The molecule has 0 fully saturated rings. The van der Waals surface area contributed by atoms with Gasteiger partial charge in [-0.1, -0.05) is 13.3 Å². The normalized spacial score (nSPS) is 12.3. The molecule has 0 aromatic heterocycles. The summed E-state index contributed by atoms with van der Waals surface area (Å²) in [5.74, 6) is 0. The average molecular weight is 274 g/mol. The zero-order valence-corrected chi connectivity index (χ0v) is 11.8. The van der Waals surface area contributed by atoms with Gasteiger partial charge in [0.15, 0.2) is 0 Å². The van der Waals surface area contributed by atoms with Gasteiger partial charge in [-0.3, -0.25) is 0 Å². The van der Waals surface area contributed by atoms with Crippen LogP contribution in [0.15, 0.2) is 0 Å². The fraction of sp³-hybridized carbons (Fsp3) is 0.923. The molecule has 0 rings (SSSR count). The van der Waals surface area contributed by atoms with Gasteiger partial charge in [-0.05, 0) is 6.42 Å². The van der Waals surface area contributed by atoms with E-state index in [1.165, 1.54) is 0 Å². The number of nitriles is 1. The van der Waals surface area contributed by atoms with Crippen LogP contribution in [0, 0.1) is 11.3 Å². The van der Waals surface area contributed by atoms with Gasteiger partial charge in [0.05, 0.1) is 52.3 Å².